The molecule has 2 aromatic rings. The van der Waals surface area contributed by atoms with E-state index in [2.05, 4.69) is 12.2 Å². The highest BCUT2D eigenvalue weighted by Crippen LogP contribution is 2.39. The molecule has 1 aliphatic heterocycles. The first kappa shape index (κ1) is 22.0. The van der Waals surface area contributed by atoms with Gasteiger partial charge in [0.15, 0.2) is 0 Å². The van der Waals surface area contributed by atoms with Crippen LogP contribution in [-0.2, 0) is 4.79 Å². The Bertz CT molecular complexity index is 897. The number of hydrogen-bond acceptors (Lipinski definition) is 3. The van der Waals surface area contributed by atoms with Gasteiger partial charge in [0, 0.05) is 23.3 Å². The van der Waals surface area contributed by atoms with Gasteiger partial charge in [0.2, 0.25) is 5.91 Å². The van der Waals surface area contributed by atoms with Crippen LogP contribution in [0.3, 0.4) is 0 Å². The molecule has 1 aliphatic carbocycles. The molecule has 1 aromatic heterocycles. The van der Waals surface area contributed by atoms with Crippen molar-refractivity contribution in [3.05, 3.63) is 41.3 Å². The minimum atomic E-state index is -0.951. The summed E-state index contributed by atoms with van der Waals surface area (Å²) in [7, 11) is 0. The van der Waals surface area contributed by atoms with Crippen LogP contribution < -0.4 is 10.2 Å². The molecule has 1 atom stereocenters. The Balaban J connectivity index is 1.68. The van der Waals surface area contributed by atoms with E-state index < -0.39 is 5.97 Å². The summed E-state index contributed by atoms with van der Waals surface area (Å²) in [6.07, 6.45) is 6.22. The average Bonchev–Trinajstić information content (AvgIpc) is 3.24. The Kier molecular flexibility index (Phi) is 7.08. The number of carboxylic acids is 1. The SMILES string of the molecule is CC1CCC(C(=O)N(CC2CCC[NH2+]C2)c2cc(-c3ccccc3)sc2C(=O)O)CC1. The third kappa shape index (κ3) is 5.18. The maximum atomic E-state index is 13.7. The number of anilines is 1. The number of carbonyl (C=O) groups excluding carboxylic acids is 1. The zero-order chi connectivity index (χ0) is 21.8. The van der Waals surface area contributed by atoms with Crippen LogP contribution >= 0.6 is 11.3 Å². The Morgan fingerprint density at radius 3 is 2.52 bits per heavy atom. The van der Waals surface area contributed by atoms with E-state index in [1.165, 1.54) is 11.3 Å². The second kappa shape index (κ2) is 9.96. The molecule has 1 amide bonds. The first-order chi connectivity index (χ1) is 15.0. The minimum Gasteiger partial charge on any atom is -0.477 e. The second-order valence-corrected chi connectivity index (χ2v) is 10.3. The summed E-state index contributed by atoms with van der Waals surface area (Å²) >= 11 is 1.27. The molecule has 31 heavy (non-hydrogen) atoms. The van der Waals surface area contributed by atoms with Crippen molar-refractivity contribution in [1.29, 1.82) is 0 Å². The van der Waals surface area contributed by atoms with Crippen LogP contribution in [0.5, 0.6) is 0 Å². The number of quaternary nitrogens is 1. The van der Waals surface area contributed by atoms with Crippen LogP contribution in [-0.4, -0.2) is 36.6 Å². The van der Waals surface area contributed by atoms with Gasteiger partial charge in [-0.3, -0.25) is 4.79 Å². The number of carbonyl (C=O) groups is 2. The smallest absolute Gasteiger partial charge is 0.348 e. The molecular formula is C25H33N2O3S+. The molecular weight excluding hydrogens is 408 g/mol. The summed E-state index contributed by atoms with van der Waals surface area (Å²) in [4.78, 5) is 28.9. The monoisotopic (exact) mass is 441 g/mol. The largest absolute Gasteiger partial charge is 0.477 e. The lowest BCUT2D eigenvalue weighted by Crippen LogP contribution is -2.87. The van der Waals surface area contributed by atoms with Crippen LogP contribution in [0.25, 0.3) is 10.4 Å². The van der Waals surface area contributed by atoms with Crippen molar-refractivity contribution < 1.29 is 20.0 Å². The molecule has 3 N–H and O–H groups in total. The zero-order valence-corrected chi connectivity index (χ0v) is 19.1. The Morgan fingerprint density at radius 1 is 1.13 bits per heavy atom. The molecule has 0 bridgehead atoms. The lowest BCUT2D eigenvalue weighted by molar-refractivity contribution is -0.668. The van der Waals surface area contributed by atoms with Gasteiger partial charge >= 0.3 is 5.97 Å². The molecule has 0 spiro atoms. The number of nitrogens with two attached hydrogens (primary N) is 1. The number of rotatable bonds is 6. The molecule has 2 fully saturated rings. The van der Waals surface area contributed by atoms with Gasteiger partial charge in [-0.25, -0.2) is 4.79 Å². The number of aromatic carboxylic acids is 1. The van der Waals surface area contributed by atoms with E-state index in [4.69, 9.17) is 0 Å². The van der Waals surface area contributed by atoms with Gasteiger partial charge in [-0.2, -0.15) is 0 Å². The number of piperidine rings is 1. The third-order valence-electron chi connectivity index (χ3n) is 6.85. The van der Waals surface area contributed by atoms with Crippen LogP contribution in [0, 0.1) is 17.8 Å². The van der Waals surface area contributed by atoms with Crippen LogP contribution in [0.2, 0.25) is 0 Å². The van der Waals surface area contributed by atoms with E-state index in [1.54, 1.807) is 0 Å². The predicted octanol–water partition coefficient (Wildman–Crippen LogP) is 4.25. The van der Waals surface area contributed by atoms with Crippen molar-refractivity contribution in [2.45, 2.75) is 45.4 Å². The molecule has 1 saturated carbocycles. The van der Waals surface area contributed by atoms with Crippen molar-refractivity contribution in [3.63, 3.8) is 0 Å². The summed E-state index contributed by atoms with van der Waals surface area (Å²) in [5.74, 6) is 0.253. The standard InChI is InChI=1S/C25H32N2O3S/c1-17-9-11-20(12-10-17)24(28)27(16-18-6-5-13-26-15-18)21-14-22(31-23(21)25(29)30)19-7-3-2-4-8-19/h2-4,7-8,14,17-18,20,26H,5-6,9-13,15-16H2,1H3,(H,29,30)/p+1. The zero-order valence-electron chi connectivity index (χ0n) is 18.3. The number of nitrogens with zero attached hydrogens (tertiary/aromatic N) is 1. The van der Waals surface area contributed by atoms with E-state index >= 15 is 0 Å². The molecule has 4 rings (SSSR count). The number of carboxylic acid groups (broad SMARTS) is 1. The summed E-state index contributed by atoms with van der Waals surface area (Å²) in [6.45, 7) is 5.02. The lowest BCUT2D eigenvalue weighted by atomic mass is 9.82. The molecule has 2 heterocycles. The summed E-state index contributed by atoms with van der Waals surface area (Å²) in [5, 5.41) is 12.3. The molecule has 0 radical (unpaired) electrons. The molecule has 6 heteroatoms. The quantitative estimate of drug-likeness (QED) is 0.704. The number of amides is 1. The molecule has 1 unspecified atom stereocenters. The first-order valence-corrected chi connectivity index (χ1v) is 12.4. The van der Waals surface area contributed by atoms with Crippen LogP contribution in [0.4, 0.5) is 5.69 Å². The Labute approximate surface area is 188 Å². The fourth-order valence-corrected chi connectivity index (χ4v) is 5.97. The van der Waals surface area contributed by atoms with E-state index in [-0.39, 0.29) is 16.7 Å². The van der Waals surface area contributed by atoms with Crippen molar-refractivity contribution in [3.8, 4) is 10.4 Å². The van der Waals surface area contributed by atoms with E-state index in [0.29, 0.717) is 24.1 Å². The second-order valence-electron chi connectivity index (χ2n) is 9.22. The van der Waals surface area contributed by atoms with Gasteiger partial charge in [-0.1, -0.05) is 37.3 Å². The molecule has 1 saturated heterocycles. The van der Waals surface area contributed by atoms with Gasteiger partial charge in [0.25, 0.3) is 0 Å². The average molecular weight is 442 g/mol. The van der Waals surface area contributed by atoms with Crippen molar-refractivity contribution in [2.24, 2.45) is 17.8 Å². The van der Waals surface area contributed by atoms with E-state index in [0.717, 1.165) is 62.1 Å². The maximum absolute atomic E-state index is 13.7. The van der Waals surface area contributed by atoms with Crippen molar-refractivity contribution in [2.75, 3.05) is 24.5 Å². The number of hydrogen-bond donors (Lipinski definition) is 2. The highest BCUT2D eigenvalue weighted by atomic mass is 32.1. The van der Waals surface area contributed by atoms with E-state index in [9.17, 15) is 14.7 Å². The molecule has 5 nitrogen and oxygen atoms in total. The number of benzene rings is 1. The first-order valence-electron chi connectivity index (χ1n) is 11.6. The summed E-state index contributed by atoms with van der Waals surface area (Å²) < 4.78 is 0. The maximum Gasteiger partial charge on any atom is 0.348 e. The highest BCUT2D eigenvalue weighted by molar-refractivity contribution is 7.18. The molecule has 2 aliphatic rings. The lowest BCUT2D eigenvalue weighted by Gasteiger charge is -2.33. The fraction of sp³-hybridized carbons (Fsp3) is 0.520. The minimum absolute atomic E-state index is 0.00508. The molecule has 166 valence electrons. The third-order valence-corrected chi connectivity index (χ3v) is 8.01. The normalized spacial score (nSPS) is 24.0. The summed E-state index contributed by atoms with van der Waals surface area (Å²) in [6, 6.07) is 11.8. The van der Waals surface area contributed by atoms with Crippen molar-refractivity contribution in [1.82, 2.24) is 0 Å². The van der Waals surface area contributed by atoms with Gasteiger partial charge in [-0.05, 0) is 56.1 Å². The van der Waals surface area contributed by atoms with Gasteiger partial charge in [0.05, 0.1) is 18.8 Å². The van der Waals surface area contributed by atoms with Crippen LogP contribution in [0.15, 0.2) is 36.4 Å². The highest BCUT2D eigenvalue weighted by Gasteiger charge is 2.34. The predicted molar refractivity (Wildman–Crippen MR) is 125 cm³/mol. The number of thiophene rings is 1. The van der Waals surface area contributed by atoms with E-state index in [1.807, 2.05) is 41.3 Å². The van der Waals surface area contributed by atoms with Crippen LogP contribution in [0.1, 0.15) is 55.1 Å². The topological polar surface area (TPSA) is 74.2 Å². The Morgan fingerprint density at radius 2 is 1.87 bits per heavy atom. The van der Waals surface area contributed by atoms with Gasteiger partial charge < -0.3 is 15.3 Å². The van der Waals surface area contributed by atoms with Crippen molar-refractivity contribution >= 4 is 28.9 Å². The molecule has 1 aromatic carbocycles. The van der Waals surface area contributed by atoms with Gasteiger partial charge in [0.1, 0.15) is 4.88 Å². The fourth-order valence-electron chi connectivity index (χ4n) is 4.96. The van der Waals surface area contributed by atoms with Gasteiger partial charge in [-0.15, -0.1) is 11.3 Å². The summed E-state index contributed by atoms with van der Waals surface area (Å²) in [5.41, 5.74) is 1.58. The Hall–Kier alpha value is -2.18.